The Kier molecular flexibility index (Phi) is 3.74. The van der Waals surface area contributed by atoms with Crippen molar-refractivity contribution in [3.8, 4) is 0 Å². The number of benzene rings is 2. The van der Waals surface area contributed by atoms with Crippen molar-refractivity contribution in [2.24, 2.45) is 0 Å². The molecule has 0 spiro atoms. The summed E-state index contributed by atoms with van der Waals surface area (Å²) < 4.78 is 13.6. The van der Waals surface area contributed by atoms with Crippen LogP contribution in [0.5, 0.6) is 0 Å². The zero-order valence-corrected chi connectivity index (χ0v) is 14.9. The Balaban J connectivity index is 1.33. The zero-order valence-electron chi connectivity index (χ0n) is 14.9. The normalized spacial score (nSPS) is 14.0. The average molecular weight is 361 g/mol. The third-order valence-electron chi connectivity index (χ3n) is 5.57. The number of H-pyrrole nitrogens is 2. The van der Waals surface area contributed by atoms with Crippen LogP contribution in [0.15, 0.2) is 48.7 Å². The number of halogens is 1. The van der Waals surface area contributed by atoms with E-state index >= 15 is 0 Å². The third-order valence-corrected chi connectivity index (χ3v) is 5.57. The lowest BCUT2D eigenvalue weighted by atomic mass is 10.0. The molecule has 0 saturated heterocycles. The Morgan fingerprint density at radius 2 is 2.00 bits per heavy atom. The van der Waals surface area contributed by atoms with Gasteiger partial charge in [-0.1, -0.05) is 18.2 Å². The number of para-hydroxylation sites is 1. The van der Waals surface area contributed by atoms with Crippen molar-refractivity contribution in [1.29, 1.82) is 0 Å². The van der Waals surface area contributed by atoms with Crippen molar-refractivity contribution < 1.29 is 9.18 Å². The van der Waals surface area contributed by atoms with Crippen LogP contribution in [0, 0.1) is 5.82 Å². The van der Waals surface area contributed by atoms with Gasteiger partial charge in [-0.05, 0) is 36.2 Å². The molecular formula is C22H20FN3O. The van der Waals surface area contributed by atoms with Gasteiger partial charge in [0, 0.05) is 65.2 Å². The van der Waals surface area contributed by atoms with E-state index in [1.54, 1.807) is 12.1 Å². The van der Waals surface area contributed by atoms with Crippen molar-refractivity contribution >= 4 is 27.7 Å². The molecule has 0 bridgehead atoms. The first kappa shape index (κ1) is 16.1. The Morgan fingerprint density at radius 1 is 1.11 bits per heavy atom. The monoisotopic (exact) mass is 361 g/mol. The summed E-state index contributed by atoms with van der Waals surface area (Å²) in [4.78, 5) is 21.3. The highest BCUT2D eigenvalue weighted by Crippen LogP contribution is 2.29. The van der Waals surface area contributed by atoms with Crippen LogP contribution in [0.3, 0.4) is 0 Å². The van der Waals surface area contributed by atoms with E-state index in [0.29, 0.717) is 25.9 Å². The van der Waals surface area contributed by atoms with E-state index in [0.717, 1.165) is 34.1 Å². The molecular weight excluding hydrogens is 341 g/mol. The van der Waals surface area contributed by atoms with Gasteiger partial charge in [0.1, 0.15) is 5.82 Å². The number of aromatic nitrogens is 2. The molecule has 2 aromatic carbocycles. The third kappa shape index (κ3) is 2.79. The van der Waals surface area contributed by atoms with Crippen molar-refractivity contribution in [3.05, 3.63) is 71.3 Å². The van der Waals surface area contributed by atoms with Gasteiger partial charge in [0.2, 0.25) is 5.91 Å². The lowest BCUT2D eigenvalue weighted by molar-refractivity contribution is -0.132. The molecule has 0 saturated carbocycles. The highest BCUT2D eigenvalue weighted by atomic mass is 19.1. The molecule has 27 heavy (non-hydrogen) atoms. The zero-order chi connectivity index (χ0) is 18.4. The molecule has 4 nitrogen and oxygen atoms in total. The Labute approximate surface area is 156 Å². The van der Waals surface area contributed by atoms with Crippen LogP contribution in [0.25, 0.3) is 21.8 Å². The first-order chi connectivity index (χ1) is 13.2. The standard InChI is InChI=1S/C22H20FN3O/c23-15-6-7-20-17(11-15)18-13-26(10-9-21(18)25-20)22(27)8-5-14-12-24-19-4-2-1-3-16(14)19/h1-4,6-7,11-12,24-25H,5,8-10,13H2. The van der Waals surface area contributed by atoms with Gasteiger partial charge >= 0.3 is 0 Å². The van der Waals surface area contributed by atoms with E-state index in [9.17, 15) is 9.18 Å². The number of aryl methyl sites for hydroxylation is 1. The summed E-state index contributed by atoms with van der Waals surface area (Å²) in [5, 5.41) is 2.07. The van der Waals surface area contributed by atoms with Gasteiger partial charge in [-0.15, -0.1) is 0 Å². The first-order valence-corrected chi connectivity index (χ1v) is 9.31. The predicted molar refractivity (Wildman–Crippen MR) is 104 cm³/mol. The van der Waals surface area contributed by atoms with Gasteiger partial charge in [0.05, 0.1) is 0 Å². The van der Waals surface area contributed by atoms with Gasteiger partial charge in [0.25, 0.3) is 0 Å². The molecule has 4 aromatic rings. The molecule has 136 valence electrons. The molecule has 0 fully saturated rings. The van der Waals surface area contributed by atoms with E-state index in [4.69, 9.17) is 0 Å². The molecule has 3 heterocycles. The van der Waals surface area contributed by atoms with Crippen LogP contribution in [0.1, 0.15) is 23.2 Å². The van der Waals surface area contributed by atoms with Gasteiger partial charge < -0.3 is 14.9 Å². The van der Waals surface area contributed by atoms with Crippen LogP contribution in [0.4, 0.5) is 4.39 Å². The number of aromatic amines is 2. The Hall–Kier alpha value is -3.08. The smallest absolute Gasteiger partial charge is 0.223 e. The molecule has 1 aliphatic heterocycles. The van der Waals surface area contributed by atoms with Crippen molar-refractivity contribution in [1.82, 2.24) is 14.9 Å². The molecule has 1 amide bonds. The predicted octanol–water partition coefficient (Wildman–Crippen LogP) is 4.31. The summed E-state index contributed by atoms with van der Waals surface area (Å²) >= 11 is 0. The second-order valence-corrected chi connectivity index (χ2v) is 7.20. The number of amides is 1. The summed E-state index contributed by atoms with van der Waals surface area (Å²) in [5.41, 5.74) is 5.39. The Bertz CT molecular complexity index is 1160. The second-order valence-electron chi connectivity index (χ2n) is 7.20. The van der Waals surface area contributed by atoms with Crippen molar-refractivity contribution in [2.45, 2.75) is 25.8 Å². The van der Waals surface area contributed by atoms with Gasteiger partial charge in [-0.2, -0.15) is 0 Å². The van der Waals surface area contributed by atoms with Gasteiger partial charge in [0.15, 0.2) is 0 Å². The minimum absolute atomic E-state index is 0.150. The summed E-state index contributed by atoms with van der Waals surface area (Å²) in [6.45, 7) is 1.25. The fourth-order valence-corrected chi connectivity index (χ4v) is 4.14. The first-order valence-electron chi connectivity index (χ1n) is 9.31. The number of carbonyl (C=O) groups is 1. The molecule has 0 radical (unpaired) electrons. The molecule has 0 atom stereocenters. The highest BCUT2D eigenvalue weighted by molar-refractivity contribution is 5.87. The lowest BCUT2D eigenvalue weighted by Gasteiger charge is -2.27. The van der Waals surface area contributed by atoms with E-state index in [-0.39, 0.29) is 11.7 Å². The lowest BCUT2D eigenvalue weighted by Crippen LogP contribution is -2.35. The summed E-state index contributed by atoms with van der Waals surface area (Å²) in [6.07, 6.45) is 3.97. The second kappa shape index (κ2) is 6.27. The number of nitrogens with one attached hydrogen (secondary N) is 2. The molecule has 1 aliphatic rings. The maximum atomic E-state index is 13.6. The molecule has 0 unspecified atom stereocenters. The summed E-state index contributed by atoms with van der Waals surface area (Å²) in [6, 6.07) is 12.9. The summed E-state index contributed by atoms with van der Waals surface area (Å²) in [7, 11) is 0. The minimum atomic E-state index is -0.243. The fraction of sp³-hybridized carbons (Fsp3) is 0.227. The Morgan fingerprint density at radius 3 is 2.93 bits per heavy atom. The van der Waals surface area contributed by atoms with E-state index in [2.05, 4.69) is 16.0 Å². The van der Waals surface area contributed by atoms with Crippen molar-refractivity contribution in [3.63, 3.8) is 0 Å². The van der Waals surface area contributed by atoms with Crippen LogP contribution in [0.2, 0.25) is 0 Å². The molecule has 0 aliphatic carbocycles. The van der Waals surface area contributed by atoms with Crippen molar-refractivity contribution in [2.75, 3.05) is 6.54 Å². The topological polar surface area (TPSA) is 51.9 Å². The number of nitrogens with zero attached hydrogens (tertiary/aromatic N) is 1. The number of fused-ring (bicyclic) bond motifs is 4. The number of hydrogen-bond acceptors (Lipinski definition) is 1. The van der Waals surface area contributed by atoms with E-state index in [1.807, 2.05) is 29.3 Å². The average Bonchev–Trinajstić information content (AvgIpc) is 3.26. The maximum Gasteiger partial charge on any atom is 0.223 e. The summed E-state index contributed by atoms with van der Waals surface area (Å²) in [5.74, 6) is -0.0937. The maximum absolute atomic E-state index is 13.6. The van der Waals surface area contributed by atoms with E-state index < -0.39 is 0 Å². The van der Waals surface area contributed by atoms with E-state index in [1.165, 1.54) is 17.0 Å². The molecule has 2 N–H and O–H groups in total. The number of carbonyl (C=O) groups excluding carboxylic acids is 1. The largest absolute Gasteiger partial charge is 0.361 e. The SMILES string of the molecule is O=C(CCc1c[nH]c2ccccc12)N1CCc2[nH]c3ccc(F)cc3c2C1. The number of hydrogen-bond donors (Lipinski definition) is 2. The van der Waals surface area contributed by atoms with Gasteiger partial charge in [-0.3, -0.25) is 4.79 Å². The van der Waals surface area contributed by atoms with Crippen LogP contribution >= 0.6 is 0 Å². The molecule has 5 rings (SSSR count). The molecule has 5 heteroatoms. The molecule has 2 aromatic heterocycles. The van der Waals surface area contributed by atoms with Gasteiger partial charge in [-0.25, -0.2) is 4.39 Å². The number of rotatable bonds is 3. The minimum Gasteiger partial charge on any atom is -0.361 e. The fourth-order valence-electron chi connectivity index (χ4n) is 4.14. The van der Waals surface area contributed by atoms with Crippen LogP contribution in [-0.2, 0) is 24.2 Å². The quantitative estimate of drug-likeness (QED) is 0.561. The highest BCUT2D eigenvalue weighted by Gasteiger charge is 2.24. The van der Waals surface area contributed by atoms with Crippen LogP contribution < -0.4 is 0 Å². The van der Waals surface area contributed by atoms with Crippen LogP contribution in [-0.4, -0.2) is 27.3 Å².